The van der Waals surface area contributed by atoms with E-state index in [4.69, 9.17) is 16.3 Å². The van der Waals surface area contributed by atoms with Crippen LogP contribution in [0.5, 0.6) is 5.75 Å². The van der Waals surface area contributed by atoms with Gasteiger partial charge in [0.15, 0.2) is 16.7 Å². The highest BCUT2D eigenvalue weighted by Crippen LogP contribution is 2.38. The lowest BCUT2D eigenvalue weighted by atomic mass is 10.2. The zero-order valence-corrected chi connectivity index (χ0v) is 12.6. The number of carbonyl (C=O) groups excluding carboxylic acids is 2. The van der Waals surface area contributed by atoms with E-state index in [-0.39, 0.29) is 45.7 Å². The van der Waals surface area contributed by atoms with E-state index in [0.29, 0.717) is 0 Å². The van der Waals surface area contributed by atoms with Gasteiger partial charge in [-0.25, -0.2) is 4.39 Å². The third-order valence-corrected chi connectivity index (χ3v) is 4.23. The molecule has 1 aromatic carbocycles. The summed E-state index contributed by atoms with van der Waals surface area (Å²) in [6.07, 6.45) is 0.192. The predicted molar refractivity (Wildman–Crippen MR) is 77.0 cm³/mol. The van der Waals surface area contributed by atoms with E-state index < -0.39 is 5.82 Å². The molecule has 1 atom stereocenters. The molecule has 1 aliphatic rings. The Morgan fingerprint density at radius 2 is 2.25 bits per heavy atom. The van der Waals surface area contributed by atoms with Crippen LogP contribution in [0.2, 0.25) is 5.02 Å². The maximum Gasteiger partial charge on any atom is 0.228 e. The average molecular weight is 318 g/mol. The number of anilines is 1. The van der Waals surface area contributed by atoms with Crippen LogP contribution in [0, 0.1) is 5.82 Å². The molecule has 1 unspecified atom stereocenters. The molecule has 0 radical (unpaired) electrons. The number of hydrogen-bond acceptors (Lipinski definition) is 4. The molecule has 0 saturated carbocycles. The minimum Gasteiger partial charge on any atom is -0.494 e. The second-order valence-electron chi connectivity index (χ2n) is 4.35. The molecular formula is C13H13ClFNO3S. The lowest BCUT2D eigenvalue weighted by molar-refractivity contribution is -0.117. The first-order valence-corrected chi connectivity index (χ1v) is 7.19. The summed E-state index contributed by atoms with van der Waals surface area (Å²) in [4.78, 5) is 24.4. The average Bonchev–Trinajstić information content (AvgIpc) is 2.69. The molecule has 1 amide bonds. The SMILES string of the molecule is COc1ccc(Cl)c(N2CC(SC(C)=O)CC2=O)c1F. The van der Waals surface area contributed by atoms with Crippen molar-refractivity contribution in [2.24, 2.45) is 0 Å². The molecule has 1 aromatic rings. The lowest BCUT2D eigenvalue weighted by Gasteiger charge is -2.19. The standard InChI is InChI=1S/C13H13ClFNO3S/c1-7(17)20-8-5-11(18)16(6-8)13-9(14)3-4-10(19-2)12(13)15/h3-4,8H,5-6H2,1-2H3. The number of methoxy groups -OCH3 is 1. The van der Waals surface area contributed by atoms with Gasteiger partial charge in [-0.3, -0.25) is 9.59 Å². The number of amides is 1. The van der Waals surface area contributed by atoms with Crippen molar-refractivity contribution in [2.45, 2.75) is 18.6 Å². The van der Waals surface area contributed by atoms with Crippen LogP contribution in [0.3, 0.4) is 0 Å². The quantitative estimate of drug-likeness (QED) is 0.860. The van der Waals surface area contributed by atoms with Crippen LogP contribution in [0.25, 0.3) is 0 Å². The van der Waals surface area contributed by atoms with E-state index >= 15 is 0 Å². The maximum atomic E-state index is 14.3. The minimum absolute atomic E-state index is 0.0164. The monoisotopic (exact) mass is 317 g/mol. The van der Waals surface area contributed by atoms with Crippen LogP contribution in [0.15, 0.2) is 12.1 Å². The number of thioether (sulfide) groups is 1. The van der Waals surface area contributed by atoms with Crippen molar-refractivity contribution >= 4 is 40.1 Å². The van der Waals surface area contributed by atoms with Crippen LogP contribution in [0.4, 0.5) is 10.1 Å². The van der Waals surface area contributed by atoms with Crippen LogP contribution < -0.4 is 9.64 Å². The van der Waals surface area contributed by atoms with Crippen molar-refractivity contribution in [2.75, 3.05) is 18.6 Å². The summed E-state index contributed by atoms with van der Waals surface area (Å²) in [5.74, 6) is -0.889. The molecule has 0 aromatic heterocycles. The van der Waals surface area contributed by atoms with E-state index in [1.54, 1.807) is 0 Å². The Balaban J connectivity index is 2.32. The van der Waals surface area contributed by atoms with Gasteiger partial charge >= 0.3 is 0 Å². The largest absolute Gasteiger partial charge is 0.494 e. The van der Waals surface area contributed by atoms with Crippen LogP contribution in [0.1, 0.15) is 13.3 Å². The van der Waals surface area contributed by atoms with Gasteiger partial charge in [-0.1, -0.05) is 23.4 Å². The number of rotatable bonds is 3. The molecule has 7 heteroatoms. The summed E-state index contributed by atoms with van der Waals surface area (Å²) in [6.45, 7) is 1.70. The van der Waals surface area contributed by atoms with Crippen molar-refractivity contribution in [1.29, 1.82) is 0 Å². The molecule has 1 heterocycles. The highest BCUT2D eigenvalue weighted by atomic mass is 35.5. The topological polar surface area (TPSA) is 46.6 Å². The Kier molecular flexibility index (Phi) is 4.55. The first kappa shape index (κ1) is 15.1. The first-order chi connectivity index (χ1) is 9.43. The summed E-state index contributed by atoms with van der Waals surface area (Å²) >= 11 is 7.08. The Bertz CT molecular complexity index is 567. The summed E-state index contributed by atoms with van der Waals surface area (Å²) in [5, 5.41) is -0.103. The maximum absolute atomic E-state index is 14.3. The highest BCUT2D eigenvalue weighted by molar-refractivity contribution is 8.14. The van der Waals surface area contributed by atoms with Crippen molar-refractivity contribution in [3.8, 4) is 5.75 Å². The first-order valence-electron chi connectivity index (χ1n) is 5.93. The van der Waals surface area contributed by atoms with Crippen molar-refractivity contribution < 1.29 is 18.7 Å². The Morgan fingerprint density at radius 3 is 2.85 bits per heavy atom. The van der Waals surface area contributed by atoms with Gasteiger partial charge in [0.1, 0.15) is 5.69 Å². The molecule has 1 saturated heterocycles. The zero-order valence-electron chi connectivity index (χ0n) is 11.0. The minimum atomic E-state index is -0.665. The van der Waals surface area contributed by atoms with Crippen LogP contribution >= 0.6 is 23.4 Å². The summed E-state index contributed by atoms with van der Waals surface area (Å²) < 4.78 is 19.2. The molecule has 1 fully saturated rings. The predicted octanol–water partition coefficient (Wildman–Crippen LogP) is 2.87. The number of nitrogens with zero attached hydrogens (tertiary/aromatic N) is 1. The molecule has 0 bridgehead atoms. The summed E-state index contributed by atoms with van der Waals surface area (Å²) in [5.41, 5.74) is 0.0164. The van der Waals surface area contributed by atoms with Gasteiger partial charge in [-0.15, -0.1) is 0 Å². The van der Waals surface area contributed by atoms with Gasteiger partial charge < -0.3 is 9.64 Å². The number of ether oxygens (including phenoxy) is 1. The summed E-state index contributed by atoms with van der Waals surface area (Å²) in [7, 11) is 1.34. The number of halogens is 2. The van der Waals surface area contributed by atoms with Gasteiger partial charge in [-0.05, 0) is 12.1 Å². The molecule has 4 nitrogen and oxygen atoms in total. The second-order valence-corrected chi connectivity index (χ2v) is 6.24. The van der Waals surface area contributed by atoms with Gasteiger partial charge in [0.05, 0.1) is 12.1 Å². The van der Waals surface area contributed by atoms with E-state index in [9.17, 15) is 14.0 Å². The van der Waals surface area contributed by atoms with Gasteiger partial charge in [-0.2, -0.15) is 0 Å². The Hall–Kier alpha value is -1.27. The number of carbonyl (C=O) groups is 2. The fourth-order valence-corrected chi connectivity index (χ4v) is 3.30. The fourth-order valence-electron chi connectivity index (χ4n) is 2.13. The van der Waals surface area contributed by atoms with Crippen molar-refractivity contribution in [3.05, 3.63) is 23.0 Å². The molecular weight excluding hydrogens is 305 g/mol. The Labute approximate surface area is 125 Å². The van der Waals surface area contributed by atoms with E-state index in [1.807, 2.05) is 0 Å². The van der Waals surface area contributed by atoms with Crippen LogP contribution in [-0.4, -0.2) is 29.9 Å². The molecule has 0 N–H and O–H groups in total. The summed E-state index contributed by atoms with van der Waals surface area (Å²) in [6, 6.07) is 2.89. The lowest BCUT2D eigenvalue weighted by Crippen LogP contribution is -2.26. The molecule has 2 rings (SSSR count). The second kappa shape index (κ2) is 6.01. The zero-order chi connectivity index (χ0) is 14.9. The molecule has 108 valence electrons. The van der Waals surface area contributed by atoms with Crippen molar-refractivity contribution in [3.63, 3.8) is 0 Å². The van der Waals surface area contributed by atoms with E-state index in [1.165, 1.54) is 31.1 Å². The number of benzene rings is 1. The van der Waals surface area contributed by atoms with E-state index in [2.05, 4.69) is 0 Å². The normalized spacial score (nSPS) is 18.5. The molecule has 20 heavy (non-hydrogen) atoms. The third kappa shape index (κ3) is 2.91. The molecule has 1 aliphatic heterocycles. The van der Waals surface area contributed by atoms with Crippen LogP contribution in [-0.2, 0) is 9.59 Å². The third-order valence-electron chi connectivity index (χ3n) is 2.94. The highest BCUT2D eigenvalue weighted by Gasteiger charge is 2.35. The number of hydrogen-bond donors (Lipinski definition) is 0. The van der Waals surface area contributed by atoms with Gasteiger partial charge in [0.2, 0.25) is 5.91 Å². The van der Waals surface area contributed by atoms with Gasteiger partial charge in [0.25, 0.3) is 0 Å². The smallest absolute Gasteiger partial charge is 0.228 e. The Morgan fingerprint density at radius 1 is 1.55 bits per heavy atom. The fraction of sp³-hybridized carbons (Fsp3) is 0.385. The molecule has 0 spiro atoms. The van der Waals surface area contributed by atoms with Gasteiger partial charge in [0, 0.05) is 25.1 Å². The molecule has 0 aliphatic carbocycles. The van der Waals surface area contributed by atoms with Crippen molar-refractivity contribution in [1.82, 2.24) is 0 Å². The van der Waals surface area contributed by atoms with E-state index in [0.717, 1.165) is 11.8 Å².